The summed E-state index contributed by atoms with van der Waals surface area (Å²) in [5.74, 6) is 0.595. The van der Waals surface area contributed by atoms with Crippen molar-refractivity contribution >= 4 is 33.8 Å². The van der Waals surface area contributed by atoms with Gasteiger partial charge in [-0.3, -0.25) is 11.1 Å². The summed E-state index contributed by atoms with van der Waals surface area (Å²) in [5, 5.41) is 5.43. The predicted molar refractivity (Wildman–Crippen MR) is 232 cm³/mol. The van der Waals surface area contributed by atoms with Gasteiger partial charge in [-0.05, 0) is 30.7 Å². The van der Waals surface area contributed by atoms with Crippen LogP contribution in [0.25, 0.3) is 0 Å². The number of amidine groups is 1. The van der Waals surface area contributed by atoms with E-state index in [1.54, 1.807) is 0 Å². The van der Waals surface area contributed by atoms with Gasteiger partial charge in [0.1, 0.15) is 6.15 Å². The Hall–Kier alpha value is -5.27. The third-order valence-corrected chi connectivity index (χ3v) is 12.0. The van der Waals surface area contributed by atoms with Crippen LogP contribution in [0.4, 0.5) is 105 Å². The molecule has 0 saturated heterocycles. The highest BCUT2D eigenvalue weighted by Crippen LogP contribution is 2.41. The smallest absolute Gasteiger partial charge is 0.291 e. The second-order valence-electron chi connectivity index (χ2n) is 17.8. The molecule has 0 spiro atoms. The van der Waals surface area contributed by atoms with E-state index in [-0.39, 0.29) is 0 Å². The fraction of sp³-hybridized carbons (Fsp3) is 0.479. The number of alkyl halides is 24. The number of halogens is 24. The van der Waals surface area contributed by atoms with Crippen LogP contribution in [0.5, 0.6) is 0 Å². The molecule has 0 heterocycles. The molecule has 0 saturated carbocycles. The number of hydrogen-bond acceptors (Lipinski definition) is 0. The molecule has 0 fully saturated rings. The van der Waals surface area contributed by atoms with Gasteiger partial charge in [-0.1, -0.05) is 133 Å². The van der Waals surface area contributed by atoms with E-state index in [1.807, 2.05) is 0 Å². The zero-order chi connectivity index (χ0) is 57.4. The lowest BCUT2D eigenvalue weighted by Crippen LogP contribution is -2.75. The molecule has 0 bridgehead atoms. The largest absolute Gasteiger partial charge is 0.416 e. The summed E-state index contributed by atoms with van der Waals surface area (Å²) < 4.78 is 341. The van der Waals surface area contributed by atoms with E-state index in [0.29, 0.717) is 5.84 Å². The van der Waals surface area contributed by atoms with E-state index < -0.39 is 195 Å². The topological polar surface area (TPSA) is 51.6 Å². The van der Waals surface area contributed by atoms with Crippen molar-refractivity contribution < 1.29 is 111 Å². The fourth-order valence-corrected chi connectivity index (χ4v) is 8.42. The number of nitrogens with two attached hydrogens (primary N) is 2. The highest BCUT2D eigenvalue weighted by molar-refractivity contribution is 7.20. The molecule has 0 aromatic heterocycles. The Morgan fingerprint density at radius 1 is 0.307 bits per heavy atom. The normalized spacial score (nSPS) is 13.5. The van der Waals surface area contributed by atoms with E-state index in [1.165, 1.54) is 83.5 Å². The van der Waals surface area contributed by atoms with Gasteiger partial charge in [0.15, 0.2) is 0 Å². The van der Waals surface area contributed by atoms with E-state index in [9.17, 15) is 105 Å². The van der Waals surface area contributed by atoms with Crippen LogP contribution in [0.1, 0.15) is 141 Å². The molecule has 0 aliphatic rings. The highest BCUT2D eigenvalue weighted by Gasteiger charge is 2.47. The van der Waals surface area contributed by atoms with Crippen molar-refractivity contribution in [1.82, 2.24) is 0 Å². The zero-order valence-electron chi connectivity index (χ0n) is 39.1. The van der Waals surface area contributed by atoms with Crippen molar-refractivity contribution in [3.05, 3.63) is 117 Å². The minimum absolute atomic E-state index is 0.595. The molecule has 0 amide bonds. The molecule has 4 N–H and O–H groups in total. The molecule has 0 aliphatic carbocycles. The second-order valence-corrected chi connectivity index (χ2v) is 17.8. The molecule has 4 aromatic carbocycles. The lowest BCUT2D eigenvalue weighted by atomic mass is 9.12. The Labute approximate surface area is 413 Å². The molecule has 420 valence electrons. The van der Waals surface area contributed by atoms with Crippen molar-refractivity contribution in [3.63, 3.8) is 0 Å². The maximum atomic E-state index is 14.2. The summed E-state index contributed by atoms with van der Waals surface area (Å²) in [4.78, 5) is 0. The lowest BCUT2D eigenvalue weighted by Gasteiger charge is -2.46. The van der Waals surface area contributed by atoms with Gasteiger partial charge in [0, 0.05) is 6.42 Å². The first kappa shape index (κ1) is 64.0. The monoisotopic (exact) mass is 1120 g/mol. The Bertz CT molecular complexity index is 2070. The van der Waals surface area contributed by atoms with Crippen LogP contribution in [-0.2, 0) is 49.4 Å². The van der Waals surface area contributed by atoms with Gasteiger partial charge in [0.05, 0.1) is 44.5 Å². The van der Waals surface area contributed by atoms with Crippen LogP contribution < -0.4 is 33.0 Å². The van der Waals surface area contributed by atoms with Crippen LogP contribution in [0.15, 0.2) is 72.8 Å². The number of hydrogen-bond donors (Lipinski definition) is 2. The van der Waals surface area contributed by atoms with Gasteiger partial charge in [-0.15, -0.1) is 0 Å². The Kier molecular flexibility index (Phi) is 20.8. The highest BCUT2D eigenvalue weighted by atomic mass is 19.4. The standard InChI is InChI=1S/C32H12BF24.C16H34N2/c34-25(35,36)13-1-14(26(37,38)39)6-21(5-13)33(22-7-15(27(40,41)42)2-16(8-22)28(43,44)45,23-9-17(29(46,47)48)3-18(10-23)30(49,50)51)24-11-19(31(52,53)54)4-20(12-24)32(55,56)57;1-2-3-4-5-6-7-8-9-10-11-12-13-14-15-16(17)18/h1-12H;2-15H2,1H3,(H3,17,18)/q-1;/p+1. The SMILES string of the molecule is CCCCCCCCCCCCCCCC(N)=[NH2+].FC(F)(F)c1cc([B-](c2cc(C(F)(F)F)cc(C(F)(F)F)c2)(c2cc(C(F)(F)F)cc(C(F)(F)F)c2)c2cc(C(F)(F)F)cc(C(F)(F)F)c2)cc(C(F)(F)F)c1. The molecular formula is C48H47BF24N2. The van der Waals surface area contributed by atoms with Gasteiger partial charge in [-0.2, -0.15) is 127 Å². The second kappa shape index (κ2) is 24.4. The van der Waals surface area contributed by atoms with Crippen molar-refractivity contribution in [2.24, 2.45) is 5.73 Å². The van der Waals surface area contributed by atoms with Crippen LogP contribution in [0.3, 0.4) is 0 Å². The number of rotatable bonds is 18. The van der Waals surface area contributed by atoms with Crippen molar-refractivity contribution in [1.29, 1.82) is 0 Å². The van der Waals surface area contributed by atoms with Gasteiger partial charge in [0.25, 0.3) is 0 Å². The molecule has 0 aliphatic heterocycles. The minimum atomic E-state index is -6.13. The van der Waals surface area contributed by atoms with Gasteiger partial charge < -0.3 is 0 Å². The van der Waals surface area contributed by atoms with E-state index in [2.05, 4.69) is 6.92 Å². The first-order valence-corrected chi connectivity index (χ1v) is 22.8. The molecule has 0 radical (unpaired) electrons. The molecule has 75 heavy (non-hydrogen) atoms. The summed E-state index contributed by atoms with van der Waals surface area (Å²) in [6, 6.07) is -8.81. The Morgan fingerprint density at radius 3 is 0.613 bits per heavy atom. The molecule has 4 aromatic rings. The quantitative estimate of drug-likeness (QED) is 0.0337. The average molecular weight is 1120 g/mol. The lowest BCUT2D eigenvalue weighted by molar-refractivity contribution is -0.144. The third kappa shape index (κ3) is 18.2. The summed E-state index contributed by atoms with van der Waals surface area (Å²) in [5.41, 5.74) is -24.8. The van der Waals surface area contributed by atoms with Crippen molar-refractivity contribution in [2.45, 2.75) is 146 Å². The van der Waals surface area contributed by atoms with E-state index in [0.717, 1.165) is 6.42 Å². The van der Waals surface area contributed by atoms with Crippen LogP contribution >= 0.6 is 0 Å². The summed E-state index contributed by atoms with van der Waals surface area (Å²) in [6.45, 7) is 2.28. The minimum Gasteiger partial charge on any atom is -0.291 e. The molecule has 0 atom stereocenters. The predicted octanol–water partition coefficient (Wildman–Crippen LogP) is 14.8. The molecule has 4 rings (SSSR count). The first-order chi connectivity index (χ1) is 34.0. The molecule has 0 unspecified atom stereocenters. The maximum Gasteiger partial charge on any atom is 0.416 e. The van der Waals surface area contributed by atoms with Crippen molar-refractivity contribution in [3.8, 4) is 0 Å². The average Bonchev–Trinajstić information content (AvgIpc) is 3.25. The summed E-state index contributed by atoms with van der Waals surface area (Å²) in [7, 11) is 0. The molecular weight excluding hydrogens is 1070 g/mol. The fourth-order valence-electron chi connectivity index (χ4n) is 8.42. The number of unbranched alkanes of at least 4 members (excludes halogenated alkanes) is 12. The van der Waals surface area contributed by atoms with Gasteiger partial charge in [-0.25, -0.2) is 0 Å². The summed E-state index contributed by atoms with van der Waals surface area (Å²) >= 11 is 0. The van der Waals surface area contributed by atoms with E-state index >= 15 is 0 Å². The maximum absolute atomic E-state index is 14.2. The third-order valence-electron chi connectivity index (χ3n) is 12.0. The number of benzene rings is 4. The Balaban J connectivity index is 0.000000699. The van der Waals surface area contributed by atoms with Crippen LogP contribution in [0, 0.1) is 0 Å². The van der Waals surface area contributed by atoms with Crippen LogP contribution in [0.2, 0.25) is 0 Å². The zero-order valence-corrected chi connectivity index (χ0v) is 39.1. The summed E-state index contributed by atoms with van der Waals surface area (Å²) in [6.07, 6.45) is -35.9. The first-order valence-electron chi connectivity index (χ1n) is 22.8. The van der Waals surface area contributed by atoms with Crippen LogP contribution in [-0.4, -0.2) is 12.0 Å². The molecule has 2 nitrogen and oxygen atoms in total. The van der Waals surface area contributed by atoms with Crippen molar-refractivity contribution in [2.75, 3.05) is 0 Å². The van der Waals surface area contributed by atoms with Gasteiger partial charge in [0.2, 0.25) is 5.84 Å². The van der Waals surface area contributed by atoms with E-state index in [4.69, 9.17) is 11.1 Å². The molecule has 27 heteroatoms. The van der Waals surface area contributed by atoms with Gasteiger partial charge >= 0.3 is 49.4 Å². The Morgan fingerprint density at radius 2 is 0.467 bits per heavy atom.